The fourth-order valence-electron chi connectivity index (χ4n) is 6.22. The molecule has 0 bridgehead atoms. The van der Waals surface area contributed by atoms with Crippen molar-refractivity contribution >= 4 is 19.8 Å². The lowest BCUT2D eigenvalue weighted by atomic mass is 10.1. The summed E-state index contributed by atoms with van der Waals surface area (Å²) in [7, 11) is -4.29. The maximum atomic E-state index is 12.6. The van der Waals surface area contributed by atoms with Crippen LogP contribution in [0, 0.1) is 0 Å². The number of ether oxygens (including phenoxy) is 2. The number of hydrogen-bond acceptors (Lipinski definition) is 7. The number of unbranched alkanes of at least 4 members (excludes halogenated alkanes) is 22. The van der Waals surface area contributed by atoms with Gasteiger partial charge in [-0.15, -0.1) is 0 Å². The number of phosphoric acid groups is 1. The molecule has 326 valence electrons. The number of phosphoric ester groups is 1. The van der Waals surface area contributed by atoms with E-state index in [1.807, 2.05) is 0 Å². The molecule has 0 saturated heterocycles. The lowest BCUT2D eigenvalue weighted by Gasteiger charge is -2.19. The van der Waals surface area contributed by atoms with Crippen LogP contribution in [-0.4, -0.2) is 42.8 Å². The van der Waals surface area contributed by atoms with Crippen molar-refractivity contribution in [2.24, 2.45) is 0 Å². The second-order valence-electron chi connectivity index (χ2n) is 15.1. The Morgan fingerprint density at radius 2 is 0.857 bits per heavy atom. The van der Waals surface area contributed by atoms with Crippen LogP contribution in [0.25, 0.3) is 0 Å². The molecular formula is C47H85O8P. The Labute approximate surface area is 344 Å². The highest BCUT2D eigenvalue weighted by Gasteiger charge is 2.25. The van der Waals surface area contributed by atoms with Crippen LogP contribution in [0.5, 0.6) is 0 Å². The smallest absolute Gasteiger partial charge is 0.462 e. The second kappa shape index (κ2) is 42.6. The van der Waals surface area contributed by atoms with E-state index < -0.39 is 26.5 Å². The lowest BCUT2D eigenvalue weighted by molar-refractivity contribution is -0.161. The topological polar surface area (TPSA) is 108 Å². The molecule has 0 aliphatic heterocycles. The molecule has 0 heterocycles. The molecule has 0 saturated carbocycles. The minimum Gasteiger partial charge on any atom is -0.462 e. The van der Waals surface area contributed by atoms with Gasteiger partial charge in [-0.3, -0.25) is 18.6 Å². The number of allylic oxidation sites excluding steroid dienone is 8. The van der Waals surface area contributed by atoms with Crippen molar-refractivity contribution < 1.29 is 37.6 Å². The molecule has 56 heavy (non-hydrogen) atoms. The maximum Gasteiger partial charge on any atom is 0.472 e. The van der Waals surface area contributed by atoms with Gasteiger partial charge in [0.1, 0.15) is 6.61 Å². The summed E-state index contributed by atoms with van der Waals surface area (Å²) in [5.74, 6) is -0.809. The molecule has 9 heteroatoms. The van der Waals surface area contributed by atoms with Crippen molar-refractivity contribution in [3.05, 3.63) is 48.6 Å². The van der Waals surface area contributed by atoms with Gasteiger partial charge >= 0.3 is 19.8 Å². The van der Waals surface area contributed by atoms with Crippen LogP contribution >= 0.6 is 7.82 Å². The quantitative estimate of drug-likeness (QED) is 0.0281. The first-order chi connectivity index (χ1) is 27.3. The summed E-state index contributed by atoms with van der Waals surface area (Å²) in [6.45, 7) is 5.42. The minimum absolute atomic E-state index is 0.00288. The van der Waals surface area contributed by atoms with E-state index in [1.54, 1.807) is 6.92 Å². The van der Waals surface area contributed by atoms with Crippen LogP contribution in [-0.2, 0) is 32.7 Å². The van der Waals surface area contributed by atoms with Gasteiger partial charge < -0.3 is 14.4 Å². The number of carbonyl (C=O) groups is 2. The zero-order valence-electron chi connectivity index (χ0n) is 36.3. The maximum absolute atomic E-state index is 12.6. The van der Waals surface area contributed by atoms with Crippen LogP contribution < -0.4 is 0 Å². The summed E-state index contributed by atoms with van der Waals surface area (Å²) in [5.41, 5.74) is 0. The standard InChI is InChI=1S/C47H85O8P/c1-4-7-9-11-13-15-17-19-21-23-24-26-28-30-32-34-36-38-40-42-47(49)55-45(44-54-56(50,51)53-6-3)43-52-46(48)41-39-37-35-33-31-29-27-25-22-20-18-16-14-12-10-8-5-2/h13-16,19-22,45H,4-12,17-18,23-44H2,1-3H3,(H,50,51)/b15-13-,16-14-,21-19-,22-20-. The Morgan fingerprint density at radius 1 is 0.482 bits per heavy atom. The predicted octanol–water partition coefficient (Wildman–Crippen LogP) is 14.6. The second-order valence-corrected chi connectivity index (χ2v) is 16.5. The van der Waals surface area contributed by atoms with Crippen molar-refractivity contribution in [1.82, 2.24) is 0 Å². The molecule has 8 nitrogen and oxygen atoms in total. The largest absolute Gasteiger partial charge is 0.472 e. The molecule has 0 aromatic rings. The summed E-state index contributed by atoms with van der Waals surface area (Å²) >= 11 is 0. The molecule has 2 atom stereocenters. The van der Waals surface area contributed by atoms with E-state index >= 15 is 0 Å². The van der Waals surface area contributed by atoms with Gasteiger partial charge in [0.2, 0.25) is 0 Å². The van der Waals surface area contributed by atoms with E-state index in [2.05, 4.69) is 62.5 Å². The first kappa shape index (κ1) is 54.0. The summed E-state index contributed by atoms with van der Waals surface area (Å²) in [4.78, 5) is 34.8. The van der Waals surface area contributed by atoms with Gasteiger partial charge in [0.25, 0.3) is 0 Å². The van der Waals surface area contributed by atoms with Crippen molar-refractivity contribution in [1.29, 1.82) is 0 Å². The Morgan fingerprint density at radius 3 is 1.27 bits per heavy atom. The molecule has 0 aromatic heterocycles. The Kier molecular flexibility index (Phi) is 41.1. The Hall–Kier alpha value is -1.99. The van der Waals surface area contributed by atoms with Gasteiger partial charge in [-0.25, -0.2) is 4.57 Å². The highest BCUT2D eigenvalue weighted by atomic mass is 31.2. The SMILES string of the molecule is CCCCC/C=C\C/C=C\CCCCCCCCCCCC(=O)OC(COC(=O)CCCCCCCCC/C=C\C/C=C\CCCCC)COP(=O)(O)OCC. The van der Waals surface area contributed by atoms with E-state index in [0.29, 0.717) is 6.42 Å². The Balaban J connectivity index is 4.07. The van der Waals surface area contributed by atoms with Crippen LogP contribution in [0.3, 0.4) is 0 Å². The first-order valence-electron chi connectivity index (χ1n) is 22.9. The van der Waals surface area contributed by atoms with E-state index in [9.17, 15) is 19.0 Å². The molecule has 2 unspecified atom stereocenters. The monoisotopic (exact) mass is 809 g/mol. The van der Waals surface area contributed by atoms with Gasteiger partial charge in [0.05, 0.1) is 13.2 Å². The van der Waals surface area contributed by atoms with Crippen molar-refractivity contribution in [3.8, 4) is 0 Å². The molecule has 0 spiro atoms. The predicted molar refractivity (Wildman–Crippen MR) is 235 cm³/mol. The molecule has 0 aliphatic carbocycles. The average Bonchev–Trinajstić information content (AvgIpc) is 3.18. The van der Waals surface area contributed by atoms with E-state index in [4.69, 9.17) is 18.5 Å². The summed E-state index contributed by atoms with van der Waals surface area (Å²) in [5, 5.41) is 0. The zero-order valence-corrected chi connectivity index (χ0v) is 37.2. The third kappa shape index (κ3) is 41.6. The van der Waals surface area contributed by atoms with Crippen molar-refractivity contribution in [2.75, 3.05) is 19.8 Å². The highest BCUT2D eigenvalue weighted by molar-refractivity contribution is 7.47. The van der Waals surface area contributed by atoms with Crippen LogP contribution in [0.4, 0.5) is 0 Å². The van der Waals surface area contributed by atoms with Crippen molar-refractivity contribution in [2.45, 2.75) is 219 Å². The number of rotatable bonds is 42. The molecule has 0 radical (unpaired) electrons. The van der Waals surface area contributed by atoms with Gasteiger partial charge in [0.15, 0.2) is 6.10 Å². The third-order valence-electron chi connectivity index (χ3n) is 9.61. The first-order valence-corrected chi connectivity index (χ1v) is 24.4. The normalized spacial score (nSPS) is 13.7. The van der Waals surface area contributed by atoms with Crippen LogP contribution in [0.2, 0.25) is 0 Å². The summed E-state index contributed by atoms with van der Waals surface area (Å²) in [6, 6.07) is 0. The van der Waals surface area contributed by atoms with Gasteiger partial charge in [-0.1, -0.05) is 165 Å². The van der Waals surface area contributed by atoms with Gasteiger partial charge in [-0.2, -0.15) is 0 Å². The third-order valence-corrected chi connectivity index (χ3v) is 10.7. The molecule has 0 fully saturated rings. The lowest BCUT2D eigenvalue weighted by Crippen LogP contribution is -2.29. The average molecular weight is 809 g/mol. The fourth-order valence-corrected chi connectivity index (χ4v) is 6.97. The Bertz CT molecular complexity index is 1050. The van der Waals surface area contributed by atoms with Crippen LogP contribution in [0.1, 0.15) is 213 Å². The molecule has 0 aliphatic rings. The van der Waals surface area contributed by atoms with Crippen LogP contribution in [0.15, 0.2) is 48.6 Å². The number of esters is 2. The van der Waals surface area contributed by atoms with Crippen molar-refractivity contribution in [3.63, 3.8) is 0 Å². The summed E-state index contributed by atoms with van der Waals surface area (Å²) in [6.07, 6.45) is 50.1. The molecular weight excluding hydrogens is 723 g/mol. The zero-order chi connectivity index (χ0) is 41.1. The fraction of sp³-hybridized carbons (Fsp3) is 0.787. The van der Waals surface area contributed by atoms with E-state index in [0.717, 1.165) is 70.6 Å². The van der Waals surface area contributed by atoms with E-state index in [1.165, 1.54) is 103 Å². The number of hydrogen-bond donors (Lipinski definition) is 1. The van der Waals surface area contributed by atoms with E-state index in [-0.39, 0.29) is 32.0 Å². The summed E-state index contributed by atoms with van der Waals surface area (Å²) < 4.78 is 32.7. The molecule has 0 aromatic carbocycles. The van der Waals surface area contributed by atoms with Gasteiger partial charge in [0, 0.05) is 12.8 Å². The minimum atomic E-state index is -4.29. The van der Waals surface area contributed by atoms with Gasteiger partial charge in [-0.05, 0) is 84.0 Å². The molecule has 0 amide bonds. The number of carbonyl (C=O) groups excluding carboxylic acids is 2. The highest BCUT2D eigenvalue weighted by Crippen LogP contribution is 2.43. The molecule has 1 N–H and O–H groups in total. The molecule has 0 rings (SSSR count).